The molecule has 3 rings (SSSR count). The summed E-state index contributed by atoms with van der Waals surface area (Å²) in [5.74, 6) is 0.594. The van der Waals surface area contributed by atoms with Crippen LogP contribution in [0.2, 0.25) is 0 Å². The van der Waals surface area contributed by atoms with Gasteiger partial charge in [-0.25, -0.2) is 0 Å². The van der Waals surface area contributed by atoms with Crippen molar-refractivity contribution in [1.29, 1.82) is 0 Å². The Morgan fingerprint density at radius 2 is 1.64 bits per heavy atom. The molecular weight excluding hydrogens is 278 g/mol. The summed E-state index contributed by atoms with van der Waals surface area (Å²) in [6, 6.07) is 17.1. The van der Waals surface area contributed by atoms with Crippen molar-refractivity contribution < 1.29 is 9.52 Å². The second kappa shape index (κ2) is 5.99. The molecule has 0 amide bonds. The minimum atomic E-state index is -0.929. The molecule has 1 heterocycles. The fourth-order valence-corrected chi connectivity index (χ4v) is 2.14. The Hall–Kier alpha value is -2.66. The molecule has 0 aliphatic rings. The molecule has 0 aliphatic heterocycles. The van der Waals surface area contributed by atoms with Crippen LogP contribution in [0.15, 0.2) is 59.0 Å². The summed E-state index contributed by atoms with van der Waals surface area (Å²) in [5, 5.41) is 18.3. The van der Waals surface area contributed by atoms with Gasteiger partial charge >= 0.3 is 0 Å². The minimum Gasteiger partial charge on any atom is -0.417 e. The molecule has 3 aromatic rings. The predicted octanol–water partition coefficient (Wildman–Crippen LogP) is 2.88. The van der Waals surface area contributed by atoms with Crippen LogP contribution >= 0.6 is 0 Å². The second-order valence-corrected chi connectivity index (χ2v) is 5.20. The Morgan fingerprint density at radius 1 is 0.955 bits per heavy atom. The normalized spacial score (nSPS) is 12.1. The molecule has 1 unspecified atom stereocenters. The van der Waals surface area contributed by atoms with Gasteiger partial charge in [0.25, 0.3) is 0 Å². The number of aromatic nitrogens is 2. The van der Waals surface area contributed by atoms with E-state index in [-0.39, 0.29) is 5.89 Å². The lowest BCUT2D eigenvalue weighted by Gasteiger charge is -2.13. The molecule has 0 fully saturated rings. The first kappa shape index (κ1) is 14.3. The third kappa shape index (κ3) is 2.84. The molecule has 0 spiro atoms. The summed E-state index contributed by atoms with van der Waals surface area (Å²) in [7, 11) is 3.94. The van der Waals surface area contributed by atoms with E-state index in [1.807, 2.05) is 73.6 Å². The first-order valence-corrected chi connectivity index (χ1v) is 6.99. The molecule has 0 radical (unpaired) electrons. The van der Waals surface area contributed by atoms with E-state index in [9.17, 15) is 5.11 Å². The van der Waals surface area contributed by atoms with Gasteiger partial charge in [-0.15, -0.1) is 10.2 Å². The smallest absolute Gasteiger partial charge is 0.249 e. The molecule has 0 aliphatic carbocycles. The maximum absolute atomic E-state index is 10.4. The molecule has 1 atom stereocenters. The molecule has 5 nitrogen and oxygen atoms in total. The predicted molar refractivity (Wildman–Crippen MR) is 84.6 cm³/mol. The third-order valence-electron chi connectivity index (χ3n) is 3.42. The van der Waals surface area contributed by atoms with Crippen LogP contribution in [-0.4, -0.2) is 29.4 Å². The van der Waals surface area contributed by atoms with Crippen molar-refractivity contribution in [2.75, 3.05) is 19.0 Å². The first-order valence-electron chi connectivity index (χ1n) is 6.99. The monoisotopic (exact) mass is 295 g/mol. The van der Waals surface area contributed by atoms with Gasteiger partial charge in [0, 0.05) is 25.3 Å². The average Bonchev–Trinajstić information content (AvgIpc) is 3.05. The van der Waals surface area contributed by atoms with E-state index >= 15 is 0 Å². The number of rotatable bonds is 4. The topological polar surface area (TPSA) is 62.4 Å². The SMILES string of the molecule is CN(C)c1ccc(C(O)c2nnc(-c3ccccc3)o2)cc1. The Labute approximate surface area is 128 Å². The van der Waals surface area contributed by atoms with E-state index in [1.54, 1.807) is 0 Å². The van der Waals surface area contributed by atoms with Crippen LogP contribution in [0.3, 0.4) is 0 Å². The Morgan fingerprint density at radius 3 is 2.27 bits per heavy atom. The second-order valence-electron chi connectivity index (χ2n) is 5.20. The van der Waals surface area contributed by atoms with Crippen LogP contribution in [0.5, 0.6) is 0 Å². The van der Waals surface area contributed by atoms with Crippen LogP contribution in [0.1, 0.15) is 17.6 Å². The van der Waals surface area contributed by atoms with Crippen molar-refractivity contribution in [3.63, 3.8) is 0 Å². The van der Waals surface area contributed by atoms with Crippen molar-refractivity contribution in [3.8, 4) is 11.5 Å². The largest absolute Gasteiger partial charge is 0.417 e. The van der Waals surface area contributed by atoms with Gasteiger partial charge in [0.1, 0.15) is 0 Å². The molecule has 1 N–H and O–H groups in total. The zero-order valence-electron chi connectivity index (χ0n) is 12.5. The summed E-state index contributed by atoms with van der Waals surface area (Å²) in [4.78, 5) is 2.00. The van der Waals surface area contributed by atoms with E-state index in [4.69, 9.17) is 4.42 Å². The van der Waals surface area contributed by atoms with Crippen molar-refractivity contribution >= 4 is 5.69 Å². The Balaban J connectivity index is 1.83. The fourth-order valence-electron chi connectivity index (χ4n) is 2.14. The summed E-state index contributed by atoms with van der Waals surface area (Å²) >= 11 is 0. The molecule has 5 heteroatoms. The van der Waals surface area contributed by atoms with Crippen LogP contribution in [0.25, 0.3) is 11.5 Å². The van der Waals surface area contributed by atoms with E-state index in [2.05, 4.69) is 10.2 Å². The highest BCUT2D eigenvalue weighted by atomic mass is 16.4. The molecule has 2 aromatic carbocycles. The maximum Gasteiger partial charge on any atom is 0.249 e. The number of aliphatic hydroxyl groups excluding tert-OH is 1. The van der Waals surface area contributed by atoms with E-state index in [0.717, 1.165) is 11.3 Å². The number of aliphatic hydroxyl groups is 1. The summed E-state index contributed by atoms with van der Waals surface area (Å²) < 4.78 is 5.58. The van der Waals surface area contributed by atoms with Crippen LogP contribution in [-0.2, 0) is 0 Å². The highest BCUT2D eigenvalue weighted by Gasteiger charge is 2.18. The van der Waals surface area contributed by atoms with Crippen LogP contribution in [0.4, 0.5) is 5.69 Å². The highest BCUT2D eigenvalue weighted by molar-refractivity contribution is 5.52. The van der Waals surface area contributed by atoms with Crippen molar-refractivity contribution in [2.24, 2.45) is 0 Å². The maximum atomic E-state index is 10.4. The third-order valence-corrected chi connectivity index (χ3v) is 3.42. The molecular formula is C17H17N3O2. The van der Waals surface area contributed by atoms with Crippen molar-refractivity contribution in [3.05, 3.63) is 66.1 Å². The zero-order valence-corrected chi connectivity index (χ0v) is 12.5. The van der Waals surface area contributed by atoms with Gasteiger partial charge < -0.3 is 14.4 Å². The zero-order chi connectivity index (χ0) is 15.5. The minimum absolute atomic E-state index is 0.191. The van der Waals surface area contributed by atoms with Gasteiger partial charge in [-0.3, -0.25) is 0 Å². The van der Waals surface area contributed by atoms with Gasteiger partial charge in [-0.2, -0.15) is 0 Å². The van der Waals surface area contributed by atoms with Crippen LogP contribution < -0.4 is 4.90 Å². The van der Waals surface area contributed by atoms with Crippen LogP contribution in [0, 0.1) is 0 Å². The summed E-state index contributed by atoms with van der Waals surface area (Å²) in [6.07, 6.45) is -0.929. The lowest BCUT2D eigenvalue weighted by Crippen LogP contribution is -2.08. The Kier molecular flexibility index (Phi) is 3.89. The molecule has 0 bridgehead atoms. The summed E-state index contributed by atoms with van der Waals surface area (Å²) in [5.41, 5.74) is 2.61. The quantitative estimate of drug-likeness (QED) is 0.802. The number of hydrogen-bond acceptors (Lipinski definition) is 5. The van der Waals surface area contributed by atoms with E-state index in [0.29, 0.717) is 11.5 Å². The van der Waals surface area contributed by atoms with Crippen molar-refractivity contribution in [2.45, 2.75) is 6.10 Å². The van der Waals surface area contributed by atoms with Gasteiger partial charge in [0.2, 0.25) is 11.8 Å². The van der Waals surface area contributed by atoms with Crippen molar-refractivity contribution in [1.82, 2.24) is 10.2 Å². The lowest BCUT2D eigenvalue weighted by atomic mass is 10.1. The number of nitrogens with zero attached hydrogens (tertiary/aromatic N) is 3. The molecule has 112 valence electrons. The number of benzene rings is 2. The number of anilines is 1. The first-order chi connectivity index (χ1) is 10.6. The Bertz CT molecular complexity index is 736. The van der Waals surface area contributed by atoms with E-state index < -0.39 is 6.10 Å². The molecule has 22 heavy (non-hydrogen) atoms. The molecule has 1 aromatic heterocycles. The standard InChI is InChI=1S/C17H17N3O2/c1-20(2)14-10-8-12(9-11-14)15(21)17-19-18-16(22-17)13-6-4-3-5-7-13/h3-11,15,21H,1-2H3. The molecule has 0 saturated carbocycles. The van der Waals surface area contributed by atoms with Gasteiger partial charge in [-0.1, -0.05) is 30.3 Å². The van der Waals surface area contributed by atoms with E-state index in [1.165, 1.54) is 0 Å². The highest BCUT2D eigenvalue weighted by Crippen LogP contribution is 2.25. The lowest BCUT2D eigenvalue weighted by molar-refractivity contribution is 0.183. The fraction of sp³-hybridized carbons (Fsp3) is 0.176. The van der Waals surface area contributed by atoms with Gasteiger partial charge in [0.05, 0.1) is 0 Å². The number of hydrogen-bond donors (Lipinski definition) is 1. The summed E-state index contributed by atoms with van der Waals surface area (Å²) in [6.45, 7) is 0. The average molecular weight is 295 g/mol. The van der Waals surface area contributed by atoms with Gasteiger partial charge in [-0.05, 0) is 29.8 Å². The molecule has 0 saturated heterocycles. The van der Waals surface area contributed by atoms with Gasteiger partial charge in [0.15, 0.2) is 6.10 Å².